The summed E-state index contributed by atoms with van der Waals surface area (Å²) in [7, 11) is 1.57. The number of ether oxygens (including phenoxy) is 2. The second kappa shape index (κ2) is 15.6. The smallest absolute Gasteiger partial charge is 0.261 e. The van der Waals surface area contributed by atoms with E-state index in [1.54, 1.807) is 25.3 Å². The molecule has 0 aromatic carbocycles. The summed E-state index contributed by atoms with van der Waals surface area (Å²) in [5.74, 6) is -1.45. The largest absolute Gasteiger partial charge is 0.491 e. The highest BCUT2D eigenvalue weighted by molar-refractivity contribution is 6.25. The van der Waals surface area contributed by atoms with E-state index in [0.29, 0.717) is 24.3 Å². The summed E-state index contributed by atoms with van der Waals surface area (Å²) in [6.45, 7) is 7.69. The van der Waals surface area contributed by atoms with Crippen LogP contribution >= 0.6 is 11.6 Å². The van der Waals surface area contributed by atoms with E-state index < -0.39 is 11.7 Å². The van der Waals surface area contributed by atoms with Gasteiger partial charge >= 0.3 is 0 Å². The van der Waals surface area contributed by atoms with Gasteiger partial charge in [0.25, 0.3) is 11.8 Å². The zero-order valence-electron chi connectivity index (χ0n) is 15.2. The van der Waals surface area contributed by atoms with Crippen LogP contribution in [0.1, 0.15) is 6.42 Å². The first-order valence-corrected chi connectivity index (χ1v) is 8.36. The van der Waals surface area contributed by atoms with Crippen molar-refractivity contribution in [1.29, 1.82) is 0 Å². The number of allylic oxidation sites excluding steroid dienone is 4. The van der Waals surface area contributed by atoms with Crippen molar-refractivity contribution < 1.29 is 23.5 Å². The molecule has 0 aromatic rings. The molecule has 8 heteroatoms. The lowest BCUT2D eigenvalue weighted by Crippen LogP contribution is -2.30. The Labute approximate surface area is 163 Å². The Hall–Kier alpha value is -2.64. The summed E-state index contributed by atoms with van der Waals surface area (Å²) in [6, 6.07) is 0. The van der Waals surface area contributed by atoms with Crippen LogP contribution in [0.2, 0.25) is 0 Å². The Bertz CT molecular complexity index is 640. The molecule has 27 heavy (non-hydrogen) atoms. The molecule has 0 unspecified atom stereocenters. The van der Waals surface area contributed by atoms with E-state index in [4.69, 9.17) is 21.1 Å². The topological polar surface area (TPSA) is 76.7 Å². The number of nitrogens with one attached hydrogen (secondary N) is 2. The van der Waals surface area contributed by atoms with Crippen molar-refractivity contribution in [2.24, 2.45) is 0 Å². The van der Waals surface area contributed by atoms with Crippen LogP contribution in [-0.4, -0.2) is 38.7 Å². The number of hydrogen-bond acceptors (Lipinski definition) is 4. The zero-order valence-corrected chi connectivity index (χ0v) is 15.9. The van der Waals surface area contributed by atoms with Gasteiger partial charge in [-0.05, 0) is 6.08 Å². The average molecular weight is 399 g/mol. The molecule has 0 atom stereocenters. The van der Waals surface area contributed by atoms with Gasteiger partial charge in [-0.15, -0.1) is 0 Å². The first kappa shape index (κ1) is 24.4. The van der Waals surface area contributed by atoms with Crippen LogP contribution in [0.5, 0.6) is 0 Å². The minimum Gasteiger partial charge on any atom is -0.491 e. The van der Waals surface area contributed by atoms with Gasteiger partial charge in [-0.3, -0.25) is 9.59 Å². The van der Waals surface area contributed by atoms with Crippen molar-refractivity contribution in [2.75, 3.05) is 26.9 Å². The fourth-order valence-electron chi connectivity index (χ4n) is 1.56. The molecule has 148 valence electrons. The lowest BCUT2D eigenvalue weighted by molar-refractivity contribution is -0.123. The zero-order chi connectivity index (χ0) is 20.5. The summed E-state index contributed by atoms with van der Waals surface area (Å²) < 4.78 is 22.3. The van der Waals surface area contributed by atoms with Gasteiger partial charge in [0.05, 0.1) is 12.9 Å². The molecule has 0 radical (unpaired) electrons. The van der Waals surface area contributed by atoms with Gasteiger partial charge in [-0.25, -0.2) is 4.39 Å². The first-order valence-electron chi connectivity index (χ1n) is 7.92. The summed E-state index contributed by atoms with van der Waals surface area (Å²) >= 11 is 5.12. The van der Waals surface area contributed by atoms with E-state index in [2.05, 4.69) is 23.8 Å². The Kier molecular flexibility index (Phi) is 14.1. The van der Waals surface area contributed by atoms with Crippen LogP contribution in [0, 0.1) is 0 Å². The Morgan fingerprint density at radius 3 is 2.70 bits per heavy atom. The lowest BCUT2D eigenvalue weighted by atomic mass is 10.2. The minimum absolute atomic E-state index is 0.275. The molecule has 0 aliphatic carbocycles. The van der Waals surface area contributed by atoms with Crippen molar-refractivity contribution in [3.8, 4) is 0 Å². The highest BCUT2D eigenvalue weighted by Crippen LogP contribution is 2.00. The molecule has 0 saturated carbocycles. The lowest BCUT2D eigenvalue weighted by Gasteiger charge is -2.09. The quantitative estimate of drug-likeness (QED) is 0.284. The molecule has 2 amide bonds. The van der Waals surface area contributed by atoms with Gasteiger partial charge in [-0.1, -0.05) is 43.0 Å². The van der Waals surface area contributed by atoms with Crippen LogP contribution in [-0.2, 0) is 19.1 Å². The van der Waals surface area contributed by atoms with Crippen molar-refractivity contribution in [3.05, 3.63) is 72.4 Å². The van der Waals surface area contributed by atoms with Gasteiger partial charge < -0.3 is 20.1 Å². The molecule has 0 heterocycles. The monoisotopic (exact) mass is 398 g/mol. The summed E-state index contributed by atoms with van der Waals surface area (Å²) in [5, 5.41) is 5.20. The summed E-state index contributed by atoms with van der Waals surface area (Å²) in [4.78, 5) is 23.6. The third-order valence-corrected chi connectivity index (χ3v) is 3.04. The number of rotatable bonds is 13. The van der Waals surface area contributed by atoms with Gasteiger partial charge in [0.15, 0.2) is 6.61 Å². The third kappa shape index (κ3) is 13.3. The molecule has 0 fully saturated rings. The highest BCUT2D eigenvalue weighted by Gasteiger charge is 2.06. The number of halogens is 2. The summed E-state index contributed by atoms with van der Waals surface area (Å²) in [6.07, 6.45) is 8.83. The molecule has 0 aliphatic heterocycles. The van der Waals surface area contributed by atoms with Gasteiger partial charge in [0, 0.05) is 43.0 Å². The molecule has 0 aromatic heterocycles. The molecule has 0 saturated heterocycles. The van der Waals surface area contributed by atoms with Crippen LogP contribution in [0.25, 0.3) is 0 Å². The molecule has 0 spiro atoms. The normalized spacial score (nSPS) is 12.3. The van der Waals surface area contributed by atoms with E-state index in [0.717, 1.165) is 17.9 Å². The molecule has 2 N–H and O–H groups in total. The van der Waals surface area contributed by atoms with Crippen LogP contribution in [0.15, 0.2) is 72.4 Å². The Balaban J connectivity index is 4.16. The standard InChI is InChI=1S/C19H24ClFN2O4/c1-4-16(7-5-6-11-26-3)19(25)22-10-8-15(2)23-18(24)14-27-12-9-17(21)13-20/h4-7,9,12-13H,1-2,8,10-11,14H2,3H3,(H,22,25)(H,23,24)/b6-5+,12-9+,16-7+,17-13-. The van der Waals surface area contributed by atoms with Gasteiger partial charge in [0.2, 0.25) is 0 Å². The molecule has 0 aliphatic rings. The van der Waals surface area contributed by atoms with Gasteiger partial charge in [-0.2, -0.15) is 0 Å². The van der Waals surface area contributed by atoms with Crippen LogP contribution < -0.4 is 10.6 Å². The molecular formula is C19H24ClFN2O4. The number of hydrogen-bond donors (Lipinski definition) is 2. The predicted molar refractivity (Wildman–Crippen MR) is 104 cm³/mol. The highest BCUT2D eigenvalue weighted by atomic mass is 35.5. The maximum absolute atomic E-state index is 12.7. The first-order chi connectivity index (χ1) is 12.9. The van der Waals surface area contributed by atoms with Crippen molar-refractivity contribution in [2.45, 2.75) is 6.42 Å². The fourth-order valence-corrected chi connectivity index (χ4v) is 1.63. The van der Waals surface area contributed by atoms with Crippen molar-refractivity contribution >= 4 is 23.4 Å². The second-order valence-electron chi connectivity index (χ2n) is 4.98. The Morgan fingerprint density at radius 2 is 2.07 bits per heavy atom. The summed E-state index contributed by atoms with van der Waals surface area (Å²) in [5.41, 5.74) is 1.54. The molecule has 0 bridgehead atoms. The third-order valence-electron chi connectivity index (χ3n) is 2.83. The van der Waals surface area contributed by atoms with Gasteiger partial charge in [0.1, 0.15) is 5.83 Å². The van der Waals surface area contributed by atoms with E-state index in [1.807, 2.05) is 0 Å². The van der Waals surface area contributed by atoms with E-state index >= 15 is 0 Å². The number of carbonyl (C=O) groups excluding carboxylic acids is 2. The maximum Gasteiger partial charge on any atom is 0.261 e. The average Bonchev–Trinajstić information content (AvgIpc) is 2.64. The SMILES string of the molecule is C=C/C(=C\C=C\COC)C(=O)NCCC(=C)NC(=O)CO/C=C/C(F)=C/Cl. The minimum atomic E-state index is -0.695. The second-order valence-corrected chi connectivity index (χ2v) is 5.19. The molecule has 0 rings (SSSR count). The number of methoxy groups -OCH3 is 1. The van der Waals surface area contributed by atoms with E-state index in [-0.39, 0.29) is 19.1 Å². The maximum atomic E-state index is 12.7. The Morgan fingerprint density at radius 1 is 1.33 bits per heavy atom. The van der Waals surface area contributed by atoms with E-state index in [1.165, 1.54) is 6.08 Å². The molecular weight excluding hydrogens is 375 g/mol. The number of carbonyl (C=O) groups is 2. The van der Waals surface area contributed by atoms with Crippen LogP contribution in [0.3, 0.4) is 0 Å². The van der Waals surface area contributed by atoms with Crippen LogP contribution in [0.4, 0.5) is 4.39 Å². The van der Waals surface area contributed by atoms with Crippen molar-refractivity contribution in [3.63, 3.8) is 0 Å². The van der Waals surface area contributed by atoms with E-state index in [9.17, 15) is 14.0 Å². The van der Waals surface area contributed by atoms with Crippen molar-refractivity contribution in [1.82, 2.24) is 10.6 Å². The number of amides is 2. The predicted octanol–water partition coefficient (Wildman–Crippen LogP) is 3.02. The molecule has 6 nitrogen and oxygen atoms in total. The fraction of sp³-hybridized carbons (Fsp3) is 0.263.